The Morgan fingerprint density at radius 1 is 1.00 bits per heavy atom. The lowest BCUT2D eigenvalue weighted by molar-refractivity contribution is -0.148. The Morgan fingerprint density at radius 3 is 2.17 bits per heavy atom. The Labute approximate surface area is 143 Å². The minimum atomic E-state index is 0.00276. The monoisotopic (exact) mass is 320 g/mol. The molecule has 2 heteroatoms. The topological polar surface area (TPSA) is 26.3 Å². The van der Waals surface area contributed by atoms with Crippen LogP contribution in [0, 0.1) is 23.7 Å². The van der Waals surface area contributed by atoms with Crippen LogP contribution in [0.25, 0.3) is 0 Å². The van der Waals surface area contributed by atoms with Crippen molar-refractivity contribution >= 4 is 5.97 Å². The van der Waals surface area contributed by atoms with E-state index in [0.29, 0.717) is 6.61 Å². The Kier molecular flexibility index (Phi) is 8.19. The van der Waals surface area contributed by atoms with Crippen LogP contribution in [0.1, 0.15) is 84.0 Å². The van der Waals surface area contributed by atoms with Gasteiger partial charge in [-0.2, -0.15) is 0 Å². The first-order valence-corrected chi connectivity index (χ1v) is 10.0. The zero-order valence-electron chi connectivity index (χ0n) is 15.1. The number of hydrogen-bond acceptors (Lipinski definition) is 2. The molecule has 0 aromatic heterocycles. The smallest absolute Gasteiger partial charge is 0.309 e. The number of rotatable bonds is 8. The van der Waals surface area contributed by atoms with Gasteiger partial charge in [0, 0.05) is 0 Å². The molecule has 0 aromatic carbocycles. The van der Waals surface area contributed by atoms with Crippen LogP contribution in [0.15, 0.2) is 12.7 Å². The number of unbranched alkanes of at least 4 members (excludes halogenated alkanes) is 2. The highest BCUT2D eigenvalue weighted by molar-refractivity contribution is 5.72. The van der Waals surface area contributed by atoms with E-state index in [1.165, 1.54) is 64.2 Å². The maximum Gasteiger partial charge on any atom is 0.309 e. The van der Waals surface area contributed by atoms with Crippen molar-refractivity contribution in [1.29, 1.82) is 0 Å². The molecular weight excluding hydrogens is 284 g/mol. The van der Waals surface area contributed by atoms with E-state index in [1.54, 1.807) is 6.08 Å². The second-order valence-electron chi connectivity index (χ2n) is 7.81. The first kappa shape index (κ1) is 18.5. The van der Waals surface area contributed by atoms with Crippen molar-refractivity contribution in [2.45, 2.75) is 84.0 Å². The van der Waals surface area contributed by atoms with Gasteiger partial charge in [-0.1, -0.05) is 58.1 Å². The maximum absolute atomic E-state index is 11.9. The second-order valence-corrected chi connectivity index (χ2v) is 7.81. The SMILES string of the molecule is C=CCOC(=O)C1CCC(C2CCC(CCCCC)CC2)CC1. The van der Waals surface area contributed by atoms with Crippen molar-refractivity contribution in [2.75, 3.05) is 6.61 Å². The van der Waals surface area contributed by atoms with Crippen molar-refractivity contribution in [3.8, 4) is 0 Å². The number of hydrogen-bond donors (Lipinski definition) is 0. The molecule has 0 bridgehead atoms. The number of ether oxygens (including phenoxy) is 1. The van der Waals surface area contributed by atoms with Crippen molar-refractivity contribution in [3.05, 3.63) is 12.7 Å². The summed E-state index contributed by atoms with van der Waals surface area (Å²) in [5.41, 5.74) is 0. The van der Waals surface area contributed by atoms with Crippen LogP contribution in [0.2, 0.25) is 0 Å². The van der Waals surface area contributed by atoms with E-state index in [2.05, 4.69) is 13.5 Å². The summed E-state index contributed by atoms with van der Waals surface area (Å²) in [5.74, 6) is 2.96. The highest BCUT2D eigenvalue weighted by atomic mass is 16.5. The fourth-order valence-corrected chi connectivity index (χ4v) is 4.72. The molecule has 0 amide bonds. The molecule has 2 nitrogen and oxygen atoms in total. The Morgan fingerprint density at radius 2 is 1.61 bits per heavy atom. The largest absolute Gasteiger partial charge is 0.461 e. The third-order valence-corrected chi connectivity index (χ3v) is 6.22. The van der Waals surface area contributed by atoms with E-state index >= 15 is 0 Å². The quantitative estimate of drug-likeness (QED) is 0.316. The zero-order valence-corrected chi connectivity index (χ0v) is 15.1. The van der Waals surface area contributed by atoms with Crippen molar-refractivity contribution < 1.29 is 9.53 Å². The van der Waals surface area contributed by atoms with Crippen molar-refractivity contribution in [3.63, 3.8) is 0 Å². The highest BCUT2D eigenvalue weighted by Gasteiger charge is 2.33. The van der Waals surface area contributed by atoms with Gasteiger partial charge in [0.05, 0.1) is 5.92 Å². The Hall–Kier alpha value is -0.790. The molecule has 0 N–H and O–H groups in total. The van der Waals surface area contributed by atoms with Crippen molar-refractivity contribution in [1.82, 2.24) is 0 Å². The standard InChI is InChI=1S/C21H36O2/c1-3-5-6-7-17-8-10-18(11-9-17)19-12-14-20(15-13-19)21(22)23-16-4-2/h4,17-20H,2-3,5-16H2,1H3. The number of carbonyl (C=O) groups excluding carboxylic acids is 1. The van der Waals surface area contributed by atoms with Gasteiger partial charge in [-0.25, -0.2) is 0 Å². The molecule has 2 aliphatic carbocycles. The van der Waals surface area contributed by atoms with Gasteiger partial charge >= 0.3 is 5.97 Å². The van der Waals surface area contributed by atoms with Crippen LogP contribution in [-0.2, 0) is 9.53 Å². The predicted molar refractivity (Wildman–Crippen MR) is 96.2 cm³/mol. The molecular formula is C21H36O2. The third kappa shape index (κ3) is 5.97. The van der Waals surface area contributed by atoms with E-state index in [1.807, 2.05) is 0 Å². The van der Waals surface area contributed by atoms with Gasteiger partial charge < -0.3 is 4.74 Å². The molecule has 0 saturated heterocycles. The third-order valence-electron chi connectivity index (χ3n) is 6.22. The van der Waals surface area contributed by atoms with Crippen LogP contribution in [0.4, 0.5) is 0 Å². The Balaban J connectivity index is 1.64. The van der Waals surface area contributed by atoms with E-state index in [0.717, 1.165) is 30.6 Å². The van der Waals surface area contributed by atoms with Gasteiger partial charge in [0.2, 0.25) is 0 Å². The molecule has 2 aliphatic rings. The average molecular weight is 321 g/mol. The molecule has 23 heavy (non-hydrogen) atoms. The molecule has 0 atom stereocenters. The maximum atomic E-state index is 11.9. The minimum absolute atomic E-state index is 0.00276. The van der Waals surface area contributed by atoms with Crippen LogP contribution in [0.3, 0.4) is 0 Å². The molecule has 0 aliphatic heterocycles. The number of esters is 1. The number of carbonyl (C=O) groups is 1. The van der Waals surface area contributed by atoms with Crippen molar-refractivity contribution in [2.24, 2.45) is 23.7 Å². The van der Waals surface area contributed by atoms with Gasteiger partial charge in [0.15, 0.2) is 0 Å². The average Bonchev–Trinajstić information content (AvgIpc) is 2.61. The van der Waals surface area contributed by atoms with E-state index in [4.69, 9.17) is 4.74 Å². The van der Waals surface area contributed by atoms with Crippen LogP contribution in [-0.4, -0.2) is 12.6 Å². The van der Waals surface area contributed by atoms with Gasteiger partial charge in [-0.15, -0.1) is 0 Å². The zero-order chi connectivity index (χ0) is 16.5. The lowest BCUT2D eigenvalue weighted by Crippen LogP contribution is -2.29. The van der Waals surface area contributed by atoms with E-state index in [9.17, 15) is 4.79 Å². The lowest BCUT2D eigenvalue weighted by atomic mass is 9.68. The summed E-state index contributed by atoms with van der Waals surface area (Å²) in [6.07, 6.45) is 17.6. The van der Waals surface area contributed by atoms with Gasteiger partial charge in [-0.05, 0) is 56.3 Å². The predicted octanol–water partition coefficient (Wildman–Crippen LogP) is 5.91. The molecule has 0 unspecified atom stereocenters. The minimum Gasteiger partial charge on any atom is -0.461 e. The Bertz CT molecular complexity index is 347. The summed E-state index contributed by atoms with van der Waals surface area (Å²) in [5, 5.41) is 0. The summed E-state index contributed by atoms with van der Waals surface area (Å²) in [7, 11) is 0. The van der Waals surface area contributed by atoms with Crippen LogP contribution < -0.4 is 0 Å². The lowest BCUT2D eigenvalue weighted by Gasteiger charge is -2.37. The molecule has 0 radical (unpaired) electrons. The molecule has 2 rings (SSSR count). The molecule has 132 valence electrons. The molecule has 0 heterocycles. The first-order valence-electron chi connectivity index (χ1n) is 10.0. The summed E-state index contributed by atoms with van der Waals surface area (Å²) >= 11 is 0. The fraction of sp³-hybridized carbons (Fsp3) is 0.857. The fourth-order valence-electron chi connectivity index (χ4n) is 4.72. The molecule has 2 saturated carbocycles. The van der Waals surface area contributed by atoms with Crippen LogP contribution in [0.5, 0.6) is 0 Å². The molecule has 0 spiro atoms. The van der Waals surface area contributed by atoms with Gasteiger partial charge in [0.25, 0.3) is 0 Å². The van der Waals surface area contributed by atoms with E-state index in [-0.39, 0.29) is 11.9 Å². The molecule has 0 aromatic rings. The summed E-state index contributed by atoms with van der Waals surface area (Å²) in [4.78, 5) is 11.9. The summed E-state index contributed by atoms with van der Waals surface area (Å²) in [6.45, 7) is 6.26. The summed E-state index contributed by atoms with van der Waals surface area (Å²) < 4.78 is 5.22. The second kappa shape index (κ2) is 10.2. The molecule has 2 fully saturated rings. The van der Waals surface area contributed by atoms with Gasteiger partial charge in [-0.3, -0.25) is 4.79 Å². The van der Waals surface area contributed by atoms with Gasteiger partial charge in [0.1, 0.15) is 6.61 Å². The first-order chi connectivity index (χ1) is 11.2. The summed E-state index contributed by atoms with van der Waals surface area (Å²) in [6, 6.07) is 0. The van der Waals surface area contributed by atoms with Crippen LogP contribution >= 0.6 is 0 Å². The normalized spacial score (nSPS) is 31.5. The highest BCUT2D eigenvalue weighted by Crippen LogP contribution is 2.42. The van der Waals surface area contributed by atoms with E-state index < -0.39 is 0 Å².